The van der Waals surface area contributed by atoms with Gasteiger partial charge in [0.05, 0.1) is 7.11 Å². The molecule has 146 valence electrons. The van der Waals surface area contributed by atoms with E-state index in [0.29, 0.717) is 11.4 Å². The largest absolute Gasteiger partial charge is 0.497 e. The second-order valence-corrected chi connectivity index (χ2v) is 7.41. The van der Waals surface area contributed by atoms with E-state index in [4.69, 9.17) is 4.74 Å². The van der Waals surface area contributed by atoms with E-state index < -0.39 is 5.91 Å². The third-order valence-electron chi connectivity index (χ3n) is 4.57. The zero-order valence-corrected chi connectivity index (χ0v) is 17.9. The van der Waals surface area contributed by atoms with Crippen LogP contribution in [0.25, 0.3) is 11.8 Å². The number of benzene rings is 2. The fourth-order valence-electron chi connectivity index (χ4n) is 3.10. The molecule has 0 aliphatic heterocycles. The Labute approximate surface area is 178 Å². The number of carbonyl (C=O) groups excluding carboxylic acids is 1. The molecule has 3 aromatic rings. The molecule has 3 rings (SSSR count). The number of aromatic nitrogens is 1. The molecule has 0 saturated heterocycles. The van der Waals surface area contributed by atoms with Gasteiger partial charge in [0.2, 0.25) is 0 Å². The van der Waals surface area contributed by atoms with Crippen molar-refractivity contribution in [2.45, 2.75) is 13.8 Å². The van der Waals surface area contributed by atoms with Gasteiger partial charge >= 0.3 is 0 Å². The van der Waals surface area contributed by atoms with Crippen molar-refractivity contribution >= 4 is 33.6 Å². The van der Waals surface area contributed by atoms with Crippen molar-refractivity contribution < 1.29 is 9.53 Å². The average molecular weight is 450 g/mol. The summed E-state index contributed by atoms with van der Waals surface area (Å²) in [4.78, 5) is 12.6. The topological polar surface area (TPSA) is 67.0 Å². The molecule has 0 bridgehead atoms. The molecule has 1 amide bonds. The Morgan fingerprint density at radius 2 is 1.79 bits per heavy atom. The van der Waals surface area contributed by atoms with Crippen LogP contribution in [-0.2, 0) is 4.79 Å². The molecule has 29 heavy (non-hydrogen) atoms. The second kappa shape index (κ2) is 8.80. The number of nitrogens with one attached hydrogen (secondary N) is 1. The summed E-state index contributed by atoms with van der Waals surface area (Å²) >= 11 is 3.45. The highest BCUT2D eigenvalue weighted by Gasteiger charge is 2.14. The fraction of sp³-hybridized carbons (Fsp3) is 0.130. The van der Waals surface area contributed by atoms with Crippen molar-refractivity contribution in [3.63, 3.8) is 0 Å². The van der Waals surface area contributed by atoms with Crippen LogP contribution in [0.4, 0.5) is 5.69 Å². The minimum absolute atomic E-state index is 0.0388. The van der Waals surface area contributed by atoms with E-state index >= 15 is 0 Å². The molecule has 0 unspecified atom stereocenters. The van der Waals surface area contributed by atoms with Crippen LogP contribution in [-0.4, -0.2) is 17.6 Å². The summed E-state index contributed by atoms with van der Waals surface area (Å²) in [6.45, 7) is 3.97. The lowest BCUT2D eigenvalue weighted by Gasteiger charge is -2.10. The van der Waals surface area contributed by atoms with Crippen molar-refractivity contribution in [3.8, 4) is 17.5 Å². The smallest absolute Gasteiger partial charge is 0.266 e. The van der Waals surface area contributed by atoms with Gasteiger partial charge < -0.3 is 14.6 Å². The monoisotopic (exact) mass is 449 g/mol. The second-order valence-electron chi connectivity index (χ2n) is 6.49. The zero-order valence-electron chi connectivity index (χ0n) is 16.4. The molecule has 0 aliphatic rings. The maximum atomic E-state index is 12.6. The number of hydrogen-bond acceptors (Lipinski definition) is 3. The minimum atomic E-state index is -0.453. The molecule has 0 saturated carbocycles. The third kappa shape index (κ3) is 4.58. The first-order valence-electron chi connectivity index (χ1n) is 8.95. The number of ether oxygens (including phenoxy) is 1. The molecule has 5 nitrogen and oxygen atoms in total. The van der Waals surface area contributed by atoms with Crippen LogP contribution in [0.1, 0.15) is 17.0 Å². The van der Waals surface area contributed by atoms with Crippen molar-refractivity contribution in [3.05, 3.63) is 81.6 Å². The normalized spacial score (nSPS) is 11.1. The lowest BCUT2D eigenvalue weighted by atomic mass is 10.1. The molecule has 2 aromatic carbocycles. The number of methoxy groups -OCH3 is 1. The number of nitrogens with zero attached hydrogens (tertiary/aromatic N) is 2. The lowest BCUT2D eigenvalue weighted by molar-refractivity contribution is -0.112. The number of aryl methyl sites for hydroxylation is 1. The SMILES string of the molecule is COc1ccc(NC(=O)/C(C#N)=C\c2cc(C)n(-c3ccc(Br)cc3)c2C)cc1. The quantitative estimate of drug-likeness (QED) is 0.418. The van der Waals surface area contributed by atoms with Gasteiger partial charge in [0.1, 0.15) is 17.4 Å². The minimum Gasteiger partial charge on any atom is -0.497 e. The van der Waals surface area contributed by atoms with Crippen LogP contribution in [0.2, 0.25) is 0 Å². The summed E-state index contributed by atoms with van der Waals surface area (Å²) in [5.74, 6) is 0.241. The number of anilines is 1. The zero-order chi connectivity index (χ0) is 21.0. The van der Waals surface area contributed by atoms with Gasteiger partial charge in [0, 0.05) is 27.2 Å². The number of carbonyl (C=O) groups is 1. The van der Waals surface area contributed by atoms with Crippen LogP contribution < -0.4 is 10.1 Å². The molecule has 0 radical (unpaired) electrons. The van der Waals surface area contributed by atoms with E-state index in [2.05, 4.69) is 25.8 Å². The van der Waals surface area contributed by atoms with Gasteiger partial charge in [-0.05, 0) is 80.1 Å². The van der Waals surface area contributed by atoms with E-state index in [1.165, 1.54) is 0 Å². The lowest BCUT2D eigenvalue weighted by Crippen LogP contribution is -2.13. The first-order chi connectivity index (χ1) is 13.9. The van der Waals surface area contributed by atoms with Crippen molar-refractivity contribution in [1.82, 2.24) is 4.57 Å². The third-order valence-corrected chi connectivity index (χ3v) is 5.10. The van der Waals surface area contributed by atoms with E-state index in [1.54, 1.807) is 37.5 Å². The van der Waals surface area contributed by atoms with Crippen LogP contribution in [0.3, 0.4) is 0 Å². The molecule has 6 heteroatoms. The maximum absolute atomic E-state index is 12.6. The molecule has 0 aliphatic carbocycles. The van der Waals surface area contributed by atoms with Gasteiger partial charge in [-0.15, -0.1) is 0 Å². The molecule has 0 fully saturated rings. The van der Waals surface area contributed by atoms with Gasteiger partial charge in [0.25, 0.3) is 5.91 Å². The summed E-state index contributed by atoms with van der Waals surface area (Å²) in [6, 6.07) is 18.9. The first kappa shape index (κ1) is 20.4. The molecule has 0 atom stereocenters. The predicted molar refractivity (Wildman–Crippen MR) is 118 cm³/mol. The molecule has 1 heterocycles. The van der Waals surface area contributed by atoms with Crippen LogP contribution >= 0.6 is 15.9 Å². The maximum Gasteiger partial charge on any atom is 0.266 e. The predicted octanol–water partition coefficient (Wildman–Crippen LogP) is 5.41. The summed E-state index contributed by atoms with van der Waals surface area (Å²) in [6.07, 6.45) is 1.62. The summed E-state index contributed by atoms with van der Waals surface area (Å²) in [7, 11) is 1.58. The van der Waals surface area contributed by atoms with E-state index in [9.17, 15) is 10.1 Å². The summed E-state index contributed by atoms with van der Waals surface area (Å²) < 4.78 is 8.21. The van der Waals surface area contributed by atoms with Crippen molar-refractivity contribution in [2.75, 3.05) is 12.4 Å². The van der Waals surface area contributed by atoms with E-state index in [1.807, 2.05) is 50.2 Å². The summed E-state index contributed by atoms with van der Waals surface area (Å²) in [5, 5.41) is 12.3. The van der Waals surface area contributed by atoms with Gasteiger partial charge in [-0.2, -0.15) is 5.26 Å². The molecule has 1 N–H and O–H groups in total. The highest BCUT2D eigenvalue weighted by atomic mass is 79.9. The average Bonchev–Trinajstić information content (AvgIpc) is 3.00. The Kier molecular flexibility index (Phi) is 6.20. The Bertz CT molecular complexity index is 1100. The Morgan fingerprint density at radius 1 is 1.14 bits per heavy atom. The van der Waals surface area contributed by atoms with Gasteiger partial charge in [-0.25, -0.2) is 0 Å². The number of hydrogen-bond donors (Lipinski definition) is 1. The van der Waals surface area contributed by atoms with Gasteiger partial charge in [0.15, 0.2) is 0 Å². The van der Waals surface area contributed by atoms with Gasteiger partial charge in [-0.1, -0.05) is 15.9 Å². The van der Waals surface area contributed by atoms with Crippen molar-refractivity contribution in [2.24, 2.45) is 0 Å². The Balaban J connectivity index is 1.88. The standard InChI is InChI=1S/C23H20BrN3O2/c1-15-12-17(16(2)27(15)21-8-4-19(24)5-9-21)13-18(14-25)23(28)26-20-6-10-22(29-3)11-7-20/h4-13H,1-3H3,(H,26,28)/b18-13-. The van der Waals surface area contributed by atoms with Crippen LogP contribution in [0, 0.1) is 25.2 Å². The fourth-order valence-corrected chi connectivity index (χ4v) is 3.36. The van der Waals surface area contributed by atoms with Gasteiger partial charge in [-0.3, -0.25) is 4.79 Å². The molecular weight excluding hydrogens is 430 g/mol. The van der Waals surface area contributed by atoms with E-state index in [0.717, 1.165) is 27.1 Å². The Morgan fingerprint density at radius 3 is 2.38 bits per heavy atom. The summed E-state index contributed by atoms with van der Waals surface area (Å²) in [5.41, 5.74) is 4.45. The first-order valence-corrected chi connectivity index (χ1v) is 9.74. The highest BCUT2D eigenvalue weighted by Crippen LogP contribution is 2.24. The molecule has 1 aromatic heterocycles. The number of amides is 1. The molecule has 0 spiro atoms. The highest BCUT2D eigenvalue weighted by molar-refractivity contribution is 9.10. The van der Waals surface area contributed by atoms with E-state index in [-0.39, 0.29) is 5.57 Å². The molecular formula is C23H20BrN3O2. The number of rotatable bonds is 5. The van der Waals surface area contributed by atoms with Crippen LogP contribution in [0.15, 0.2) is 64.6 Å². The van der Waals surface area contributed by atoms with Crippen molar-refractivity contribution in [1.29, 1.82) is 5.26 Å². The Hall–Kier alpha value is -3.30. The number of halogens is 1. The van der Waals surface area contributed by atoms with Crippen LogP contribution in [0.5, 0.6) is 5.75 Å². The number of nitriles is 1.